The molecule has 102 valence electrons. The molecule has 0 aromatic heterocycles. The van der Waals surface area contributed by atoms with Crippen LogP contribution < -0.4 is 0 Å². The van der Waals surface area contributed by atoms with Gasteiger partial charge in [-0.25, -0.2) is 0 Å². The van der Waals surface area contributed by atoms with E-state index in [1.807, 2.05) is 0 Å². The van der Waals surface area contributed by atoms with Crippen molar-refractivity contribution in [1.82, 2.24) is 4.90 Å². The molecule has 0 amide bonds. The summed E-state index contributed by atoms with van der Waals surface area (Å²) in [5.74, 6) is 1.27. The number of nitrogens with zero attached hydrogens (tertiary/aromatic N) is 1. The van der Waals surface area contributed by atoms with Gasteiger partial charge in [0.15, 0.2) is 0 Å². The van der Waals surface area contributed by atoms with Crippen molar-refractivity contribution in [2.45, 2.75) is 33.3 Å². The molecule has 0 bridgehead atoms. The van der Waals surface area contributed by atoms with Gasteiger partial charge < -0.3 is 14.7 Å². The molecule has 0 aromatic carbocycles. The minimum absolute atomic E-state index is 0.103. The predicted octanol–water partition coefficient (Wildman–Crippen LogP) is 1.38. The van der Waals surface area contributed by atoms with Crippen LogP contribution in [0.5, 0.6) is 0 Å². The van der Waals surface area contributed by atoms with Crippen LogP contribution in [0.4, 0.5) is 0 Å². The van der Waals surface area contributed by atoms with Gasteiger partial charge in [-0.15, -0.1) is 0 Å². The van der Waals surface area contributed by atoms with Crippen molar-refractivity contribution in [2.75, 3.05) is 37.7 Å². The van der Waals surface area contributed by atoms with Gasteiger partial charge in [0.05, 0.1) is 19.1 Å². The summed E-state index contributed by atoms with van der Waals surface area (Å²) in [6, 6.07) is 0. The van der Waals surface area contributed by atoms with Crippen LogP contribution in [0.3, 0.4) is 0 Å². The summed E-state index contributed by atoms with van der Waals surface area (Å²) in [4.78, 5) is 13.4. The van der Waals surface area contributed by atoms with Gasteiger partial charge in [-0.2, -0.15) is 11.8 Å². The smallest absolute Gasteiger partial charge is 0.308 e. The molecular formula is C12H25NO3S. The first-order valence-electron chi connectivity index (χ1n) is 6.27. The van der Waals surface area contributed by atoms with Crippen molar-refractivity contribution in [3.63, 3.8) is 0 Å². The maximum atomic E-state index is 11.1. The second kappa shape index (κ2) is 10.9. The maximum absolute atomic E-state index is 11.1. The second-order valence-corrected chi connectivity index (χ2v) is 4.91. The molecule has 17 heavy (non-hydrogen) atoms. The molecular weight excluding hydrogens is 238 g/mol. The summed E-state index contributed by atoms with van der Waals surface area (Å²) in [5.41, 5.74) is 0. The summed E-state index contributed by atoms with van der Waals surface area (Å²) in [7, 11) is 0. The Bertz CT molecular complexity index is 198. The first-order chi connectivity index (χ1) is 8.13. The first-order valence-corrected chi connectivity index (χ1v) is 7.43. The molecule has 4 nitrogen and oxygen atoms in total. The molecule has 5 heteroatoms. The van der Waals surface area contributed by atoms with E-state index in [9.17, 15) is 9.90 Å². The Morgan fingerprint density at radius 1 is 1.35 bits per heavy atom. The lowest BCUT2D eigenvalue weighted by Gasteiger charge is -2.17. The number of esters is 1. The highest BCUT2D eigenvalue weighted by Crippen LogP contribution is 2.07. The third kappa shape index (κ3) is 9.44. The van der Waals surface area contributed by atoms with Crippen molar-refractivity contribution in [2.24, 2.45) is 0 Å². The molecule has 0 saturated carbocycles. The molecule has 0 fully saturated rings. The largest absolute Gasteiger partial charge is 0.466 e. The molecule has 0 saturated heterocycles. The number of hydrogen-bond acceptors (Lipinski definition) is 5. The topological polar surface area (TPSA) is 49.8 Å². The van der Waals surface area contributed by atoms with Crippen molar-refractivity contribution in [3.8, 4) is 0 Å². The van der Waals surface area contributed by atoms with Gasteiger partial charge in [-0.1, -0.05) is 13.8 Å². The summed E-state index contributed by atoms with van der Waals surface area (Å²) >= 11 is 1.68. The Labute approximate surface area is 109 Å². The second-order valence-electron chi connectivity index (χ2n) is 3.76. The van der Waals surface area contributed by atoms with Crippen LogP contribution in [0.1, 0.15) is 27.2 Å². The zero-order chi connectivity index (χ0) is 13.1. The molecule has 0 spiro atoms. The Hall–Kier alpha value is -0.260. The Morgan fingerprint density at radius 2 is 2.00 bits per heavy atom. The van der Waals surface area contributed by atoms with Gasteiger partial charge in [-0.3, -0.25) is 4.79 Å². The van der Waals surface area contributed by atoms with E-state index < -0.39 is 6.10 Å². The van der Waals surface area contributed by atoms with E-state index in [1.165, 1.54) is 0 Å². The van der Waals surface area contributed by atoms with Crippen LogP contribution >= 0.6 is 11.8 Å². The van der Waals surface area contributed by atoms with E-state index in [-0.39, 0.29) is 12.4 Å². The average Bonchev–Trinajstić information content (AvgIpc) is 2.29. The molecule has 0 heterocycles. The molecule has 0 aliphatic carbocycles. The molecule has 1 unspecified atom stereocenters. The van der Waals surface area contributed by atoms with Gasteiger partial charge in [0.1, 0.15) is 0 Å². The standard InChI is InChI=1S/C12H25NO3S/c1-4-13(5-2)7-8-17-10-11(14)9-12(15)16-6-3/h11,14H,4-10H2,1-3H3. The first kappa shape index (κ1) is 16.7. The third-order valence-corrected chi connectivity index (χ3v) is 3.56. The fourth-order valence-corrected chi connectivity index (χ4v) is 2.37. The van der Waals surface area contributed by atoms with Gasteiger partial charge in [-0.05, 0) is 20.0 Å². The lowest BCUT2D eigenvalue weighted by Crippen LogP contribution is -2.26. The lowest BCUT2D eigenvalue weighted by atomic mass is 10.3. The van der Waals surface area contributed by atoms with Crippen LogP contribution in [0.15, 0.2) is 0 Å². The lowest BCUT2D eigenvalue weighted by molar-refractivity contribution is -0.144. The number of aliphatic hydroxyl groups is 1. The summed E-state index contributed by atoms with van der Waals surface area (Å²) in [6.45, 7) is 9.58. The molecule has 1 atom stereocenters. The van der Waals surface area contributed by atoms with Crippen molar-refractivity contribution < 1.29 is 14.6 Å². The van der Waals surface area contributed by atoms with Crippen LogP contribution in [-0.4, -0.2) is 59.8 Å². The number of hydrogen-bond donors (Lipinski definition) is 1. The van der Waals surface area contributed by atoms with Crippen LogP contribution in [0.25, 0.3) is 0 Å². The van der Waals surface area contributed by atoms with Crippen LogP contribution in [-0.2, 0) is 9.53 Å². The van der Waals surface area contributed by atoms with Crippen molar-refractivity contribution in [3.05, 3.63) is 0 Å². The summed E-state index contributed by atoms with van der Waals surface area (Å²) in [6.07, 6.45) is -0.484. The summed E-state index contributed by atoms with van der Waals surface area (Å²) < 4.78 is 4.78. The molecule has 0 aliphatic rings. The third-order valence-electron chi connectivity index (χ3n) is 2.46. The minimum Gasteiger partial charge on any atom is -0.466 e. The Kier molecular flexibility index (Phi) is 10.7. The minimum atomic E-state index is -0.587. The van der Waals surface area contributed by atoms with E-state index in [0.717, 1.165) is 25.4 Å². The highest BCUT2D eigenvalue weighted by Gasteiger charge is 2.11. The van der Waals surface area contributed by atoms with Gasteiger partial charge in [0, 0.05) is 18.1 Å². The Morgan fingerprint density at radius 3 is 2.53 bits per heavy atom. The van der Waals surface area contributed by atoms with Gasteiger partial charge in [0.2, 0.25) is 0 Å². The van der Waals surface area contributed by atoms with Gasteiger partial charge >= 0.3 is 5.97 Å². The molecule has 0 aliphatic heterocycles. The fraction of sp³-hybridized carbons (Fsp3) is 0.917. The average molecular weight is 263 g/mol. The molecule has 0 aromatic rings. The van der Waals surface area contributed by atoms with E-state index in [2.05, 4.69) is 18.7 Å². The van der Waals surface area contributed by atoms with E-state index >= 15 is 0 Å². The number of thioether (sulfide) groups is 1. The monoisotopic (exact) mass is 263 g/mol. The Balaban J connectivity index is 3.50. The zero-order valence-electron chi connectivity index (χ0n) is 11.1. The SMILES string of the molecule is CCOC(=O)CC(O)CSCCN(CC)CC. The fourth-order valence-electron chi connectivity index (χ4n) is 1.42. The van der Waals surface area contributed by atoms with Crippen LogP contribution in [0, 0.1) is 0 Å². The van der Waals surface area contributed by atoms with Crippen molar-refractivity contribution in [1.29, 1.82) is 0 Å². The zero-order valence-corrected chi connectivity index (χ0v) is 12.0. The number of ether oxygens (including phenoxy) is 1. The highest BCUT2D eigenvalue weighted by molar-refractivity contribution is 7.99. The summed E-state index contributed by atoms with van der Waals surface area (Å²) in [5, 5.41) is 9.59. The van der Waals surface area contributed by atoms with Gasteiger partial charge in [0.25, 0.3) is 0 Å². The molecule has 0 radical (unpaired) electrons. The van der Waals surface area contributed by atoms with Crippen molar-refractivity contribution >= 4 is 17.7 Å². The normalized spacial score (nSPS) is 12.8. The number of rotatable bonds is 10. The van der Waals surface area contributed by atoms with E-state index in [4.69, 9.17) is 4.74 Å². The molecule has 1 N–H and O–H groups in total. The molecule has 0 rings (SSSR count). The number of carbonyl (C=O) groups excluding carboxylic acids is 1. The highest BCUT2D eigenvalue weighted by atomic mass is 32.2. The number of carbonyl (C=O) groups is 1. The predicted molar refractivity (Wildman–Crippen MR) is 72.4 cm³/mol. The quantitative estimate of drug-likeness (QED) is 0.476. The van der Waals surface area contributed by atoms with E-state index in [0.29, 0.717) is 12.4 Å². The number of aliphatic hydroxyl groups excluding tert-OH is 1. The van der Waals surface area contributed by atoms with Crippen LogP contribution in [0.2, 0.25) is 0 Å². The maximum Gasteiger partial charge on any atom is 0.308 e. The van der Waals surface area contributed by atoms with E-state index in [1.54, 1.807) is 18.7 Å².